The topological polar surface area (TPSA) is 61.8 Å². The third kappa shape index (κ3) is 5.60. The molecule has 5 nitrogen and oxygen atoms in total. The summed E-state index contributed by atoms with van der Waals surface area (Å²) in [6, 6.07) is 0. The lowest BCUT2D eigenvalue weighted by Gasteiger charge is -2.20. The Balaban J connectivity index is 2.32. The van der Waals surface area contributed by atoms with Gasteiger partial charge in [-0.1, -0.05) is 0 Å². The molecule has 0 N–H and O–H groups in total. The summed E-state index contributed by atoms with van der Waals surface area (Å²) < 4.78 is 15.8. The molecular weight excluding hydrogens is 236 g/mol. The van der Waals surface area contributed by atoms with Crippen LogP contribution in [0.2, 0.25) is 0 Å². The van der Waals surface area contributed by atoms with Gasteiger partial charge in [0.2, 0.25) is 0 Å². The van der Waals surface area contributed by atoms with Crippen molar-refractivity contribution >= 4 is 11.8 Å². The van der Waals surface area contributed by atoms with E-state index in [1.54, 1.807) is 27.7 Å². The molecule has 5 heteroatoms. The first-order valence-corrected chi connectivity index (χ1v) is 6.25. The van der Waals surface area contributed by atoms with Gasteiger partial charge in [-0.05, 0) is 34.1 Å². The first-order chi connectivity index (χ1) is 8.28. The molecule has 1 heterocycles. The molecule has 0 aromatic heterocycles. The van der Waals surface area contributed by atoms with E-state index in [1.807, 2.05) is 0 Å². The van der Waals surface area contributed by atoms with Crippen LogP contribution in [0, 0.1) is 0 Å². The van der Waals surface area contributed by atoms with Crippen LogP contribution < -0.4 is 0 Å². The van der Waals surface area contributed by atoms with Crippen LogP contribution in [0.1, 0.15) is 40.5 Å². The van der Waals surface area contributed by atoms with E-state index < -0.39 is 17.7 Å². The quantitative estimate of drug-likeness (QED) is 0.552. The van der Waals surface area contributed by atoms with E-state index in [2.05, 4.69) is 0 Å². The second-order valence-electron chi connectivity index (χ2n) is 5.49. The Bertz CT molecular complexity index is 299. The van der Waals surface area contributed by atoms with Crippen LogP contribution in [-0.4, -0.2) is 42.8 Å². The Kier molecular flexibility index (Phi) is 5.28. The van der Waals surface area contributed by atoms with E-state index >= 15 is 0 Å². The van der Waals surface area contributed by atoms with Gasteiger partial charge >= 0.3 is 5.97 Å². The predicted octanol–water partition coefficient (Wildman–Crippen LogP) is 1.48. The molecule has 1 aliphatic rings. The molecule has 1 saturated heterocycles. The van der Waals surface area contributed by atoms with Gasteiger partial charge in [0.1, 0.15) is 18.1 Å². The summed E-state index contributed by atoms with van der Waals surface area (Å²) in [6.45, 7) is 8.15. The minimum atomic E-state index is -0.593. The van der Waals surface area contributed by atoms with Crippen molar-refractivity contribution in [3.05, 3.63) is 0 Å². The molecule has 0 bridgehead atoms. The first kappa shape index (κ1) is 15.1. The van der Waals surface area contributed by atoms with Crippen molar-refractivity contribution < 1.29 is 23.8 Å². The molecule has 18 heavy (non-hydrogen) atoms. The normalized spacial score (nSPS) is 21.7. The van der Waals surface area contributed by atoms with E-state index in [0.717, 1.165) is 6.42 Å². The van der Waals surface area contributed by atoms with E-state index in [4.69, 9.17) is 14.2 Å². The van der Waals surface area contributed by atoms with Crippen molar-refractivity contribution in [3.63, 3.8) is 0 Å². The molecular formula is C13H22O5. The highest BCUT2D eigenvalue weighted by atomic mass is 16.6. The number of Topliss-reactive ketones (excluding diaryl/α,β-unsaturated/α-hetero) is 1. The molecule has 0 spiro atoms. The van der Waals surface area contributed by atoms with Gasteiger partial charge in [0.05, 0.1) is 12.7 Å². The highest BCUT2D eigenvalue weighted by Gasteiger charge is 2.26. The summed E-state index contributed by atoms with van der Waals surface area (Å²) in [6.07, 6.45) is -0.0809. The van der Waals surface area contributed by atoms with Crippen molar-refractivity contribution in [1.82, 2.24) is 0 Å². The lowest BCUT2D eigenvalue weighted by atomic mass is 10.1. The summed E-state index contributed by atoms with van der Waals surface area (Å²) in [4.78, 5) is 23.2. The first-order valence-electron chi connectivity index (χ1n) is 6.25. The van der Waals surface area contributed by atoms with E-state index in [1.165, 1.54) is 0 Å². The van der Waals surface area contributed by atoms with Gasteiger partial charge < -0.3 is 14.2 Å². The minimum absolute atomic E-state index is 0.0393. The van der Waals surface area contributed by atoms with Crippen LogP contribution in [0.4, 0.5) is 0 Å². The van der Waals surface area contributed by atoms with Crippen molar-refractivity contribution in [3.8, 4) is 0 Å². The van der Waals surface area contributed by atoms with Gasteiger partial charge in [-0.3, -0.25) is 9.59 Å². The number of carbonyl (C=O) groups excluding carboxylic acids is 2. The van der Waals surface area contributed by atoms with Crippen molar-refractivity contribution in [2.24, 2.45) is 0 Å². The SMILES string of the molecule is CC(OC1CCOC1)C(=O)CC(=O)OC(C)(C)C. The lowest BCUT2D eigenvalue weighted by Crippen LogP contribution is -2.31. The number of hydrogen-bond acceptors (Lipinski definition) is 5. The summed E-state index contributed by atoms with van der Waals surface area (Å²) in [5, 5.41) is 0. The molecule has 104 valence electrons. The maximum Gasteiger partial charge on any atom is 0.313 e. The van der Waals surface area contributed by atoms with Crippen LogP contribution in [0.3, 0.4) is 0 Å². The Morgan fingerprint density at radius 1 is 1.39 bits per heavy atom. The highest BCUT2D eigenvalue weighted by Crippen LogP contribution is 2.13. The second-order valence-corrected chi connectivity index (χ2v) is 5.49. The summed E-state index contributed by atoms with van der Waals surface area (Å²) >= 11 is 0. The van der Waals surface area contributed by atoms with Crippen LogP contribution in [-0.2, 0) is 23.8 Å². The molecule has 0 aromatic rings. The number of ether oxygens (including phenoxy) is 3. The van der Waals surface area contributed by atoms with Crippen LogP contribution in [0.25, 0.3) is 0 Å². The number of carbonyl (C=O) groups is 2. The van der Waals surface area contributed by atoms with Crippen molar-refractivity contribution in [2.75, 3.05) is 13.2 Å². The average molecular weight is 258 g/mol. The maximum absolute atomic E-state index is 11.8. The zero-order valence-electron chi connectivity index (χ0n) is 11.5. The zero-order valence-corrected chi connectivity index (χ0v) is 11.5. The van der Waals surface area contributed by atoms with Crippen molar-refractivity contribution in [2.45, 2.75) is 58.3 Å². The molecule has 0 amide bonds. The van der Waals surface area contributed by atoms with Crippen molar-refractivity contribution in [1.29, 1.82) is 0 Å². The lowest BCUT2D eigenvalue weighted by molar-refractivity contribution is -0.158. The molecule has 2 unspecified atom stereocenters. The third-order valence-corrected chi connectivity index (χ3v) is 2.48. The van der Waals surface area contributed by atoms with Gasteiger partial charge in [0.15, 0.2) is 5.78 Å². The molecule has 2 atom stereocenters. The smallest absolute Gasteiger partial charge is 0.313 e. The maximum atomic E-state index is 11.8. The Hall–Kier alpha value is -0.940. The highest BCUT2D eigenvalue weighted by molar-refractivity contribution is 5.97. The average Bonchev–Trinajstić information content (AvgIpc) is 2.66. The predicted molar refractivity (Wildman–Crippen MR) is 65.2 cm³/mol. The second kappa shape index (κ2) is 6.29. The Labute approximate surface area is 108 Å². The molecule has 0 saturated carbocycles. The number of ketones is 1. The zero-order chi connectivity index (χ0) is 13.8. The Morgan fingerprint density at radius 2 is 2.06 bits per heavy atom. The monoisotopic (exact) mass is 258 g/mol. The molecule has 1 aliphatic heterocycles. The van der Waals surface area contributed by atoms with Crippen LogP contribution in [0.15, 0.2) is 0 Å². The van der Waals surface area contributed by atoms with Gasteiger partial charge in [-0.2, -0.15) is 0 Å². The summed E-state index contributed by atoms with van der Waals surface area (Å²) in [5.74, 6) is -0.762. The Morgan fingerprint density at radius 3 is 2.56 bits per heavy atom. The van der Waals surface area contributed by atoms with E-state index in [9.17, 15) is 9.59 Å². The van der Waals surface area contributed by atoms with Crippen LogP contribution in [0.5, 0.6) is 0 Å². The van der Waals surface area contributed by atoms with Gasteiger partial charge in [0, 0.05) is 6.61 Å². The number of hydrogen-bond donors (Lipinski definition) is 0. The summed E-state index contributed by atoms with van der Waals surface area (Å²) in [7, 11) is 0. The molecule has 1 rings (SSSR count). The molecule has 0 aliphatic carbocycles. The van der Waals surface area contributed by atoms with E-state index in [0.29, 0.717) is 13.2 Å². The minimum Gasteiger partial charge on any atom is -0.460 e. The molecule has 1 fully saturated rings. The largest absolute Gasteiger partial charge is 0.460 e. The number of esters is 1. The van der Waals surface area contributed by atoms with Gasteiger partial charge in [-0.25, -0.2) is 0 Å². The summed E-state index contributed by atoms with van der Waals surface area (Å²) in [5.41, 5.74) is -0.569. The number of rotatable bonds is 5. The van der Waals surface area contributed by atoms with Crippen LogP contribution >= 0.6 is 0 Å². The fourth-order valence-electron chi connectivity index (χ4n) is 1.65. The third-order valence-electron chi connectivity index (χ3n) is 2.48. The molecule has 0 radical (unpaired) electrons. The van der Waals surface area contributed by atoms with Gasteiger partial charge in [-0.15, -0.1) is 0 Å². The fraction of sp³-hybridized carbons (Fsp3) is 0.846. The van der Waals surface area contributed by atoms with E-state index in [-0.39, 0.29) is 18.3 Å². The standard InChI is InChI=1S/C13H22O5/c1-9(17-10-5-6-16-8-10)11(14)7-12(15)18-13(2,3)4/h9-10H,5-8H2,1-4H3. The molecule has 0 aromatic carbocycles. The van der Waals surface area contributed by atoms with Gasteiger partial charge in [0.25, 0.3) is 0 Å². The fourth-order valence-corrected chi connectivity index (χ4v) is 1.65.